The topological polar surface area (TPSA) is 80.3 Å². The minimum absolute atomic E-state index is 0.00589. The largest absolute Gasteiger partial charge is 0.444 e. The van der Waals surface area contributed by atoms with Crippen LogP contribution in [0.15, 0.2) is 24.5 Å². The number of aryl methyl sites for hydroxylation is 1. The summed E-state index contributed by atoms with van der Waals surface area (Å²) in [5.74, 6) is 0.394. The zero-order valence-corrected chi connectivity index (χ0v) is 16.7. The Hall–Kier alpha value is -2.11. The number of hydrogen-bond acceptors (Lipinski definition) is 4. The Labute approximate surface area is 157 Å². The molecule has 0 aliphatic carbocycles. The Morgan fingerprint density at radius 3 is 2.58 bits per heavy atom. The first-order valence-corrected chi connectivity index (χ1v) is 9.31. The first-order valence-electron chi connectivity index (χ1n) is 9.31. The van der Waals surface area contributed by atoms with Crippen LogP contribution in [0.4, 0.5) is 4.79 Å². The van der Waals surface area contributed by atoms with Crippen LogP contribution in [0, 0.1) is 5.92 Å². The highest BCUT2D eigenvalue weighted by atomic mass is 16.6. The summed E-state index contributed by atoms with van der Waals surface area (Å²) in [5, 5.41) is 5.78. The van der Waals surface area contributed by atoms with E-state index < -0.39 is 11.7 Å². The molecule has 0 spiro atoms. The van der Waals surface area contributed by atoms with Crippen molar-refractivity contribution in [2.75, 3.05) is 6.54 Å². The van der Waals surface area contributed by atoms with E-state index in [0.717, 1.165) is 24.8 Å². The third-order valence-electron chi connectivity index (χ3n) is 3.61. The Morgan fingerprint density at radius 1 is 1.27 bits per heavy atom. The molecule has 0 bridgehead atoms. The van der Waals surface area contributed by atoms with Crippen molar-refractivity contribution in [2.24, 2.45) is 5.92 Å². The summed E-state index contributed by atoms with van der Waals surface area (Å²) in [6, 6.07) is 3.76. The highest BCUT2D eigenvalue weighted by molar-refractivity contribution is 5.76. The van der Waals surface area contributed by atoms with E-state index in [1.807, 2.05) is 39.1 Å². The molecule has 0 aliphatic rings. The lowest BCUT2D eigenvalue weighted by Crippen LogP contribution is -2.46. The van der Waals surface area contributed by atoms with Crippen molar-refractivity contribution in [1.82, 2.24) is 15.6 Å². The van der Waals surface area contributed by atoms with Crippen molar-refractivity contribution in [3.63, 3.8) is 0 Å². The number of rotatable bonds is 9. The van der Waals surface area contributed by atoms with Crippen LogP contribution in [-0.2, 0) is 16.0 Å². The zero-order chi connectivity index (χ0) is 19.6. The number of nitrogens with one attached hydrogen (secondary N) is 2. The van der Waals surface area contributed by atoms with Crippen molar-refractivity contribution in [3.05, 3.63) is 30.1 Å². The molecular formula is C20H33N3O3. The quantitative estimate of drug-likeness (QED) is 0.704. The Morgan fingerprint density at radius 2 is 2.00 bits per heavy atom. The fourth-order valence-corrected chi connectivity index (χ4v) is 2.56. The van der Waals surface area contributed by atoms with Gasteiger partial charge in [0.25, 0.3) is 0 Å². The van der Waals surface area contributed by atoms with Crippen LogP contribution in [0.1, 0.15) is 59.4 Å². The maximum absolute atomic E-state index is 12.1. The smallest absolute Gasteiger partial charge is 0.407 e. The van der Waals surface area contributed by atoms with Crippen LogP contribution in [0.5, 0.6) is 0 Å². The van der Waals surface area contributed by atoms with Crippen LogP contribution in [0.2, 0.25) is 0 Å². The lowest BCUT2D eigenvalue weighted by Gasteiger charge is -2.25. The highest BCUT2D eigenvalue weighted by Gasteiger charge is 2.20. The van der Waals surface area contributed by atoms with Crippen molar-refractivity contribution < 1.29 is 14.3 Å². The maximum Gasteiger partial charge on any atom is 0.407 e. The van der Waals surface area contributed by atoms with E-state index in [-0.39, 0.29) is 11.9 Å². The van der Waals surface area contributed by atoms with Gasteiger partial charge in [0.1, 0.15) is 5.60 Å². The summed E-state index contributed by atoms with van der Waals surface area (Å²) in [5.41, 5.74) is 0.590. The van der Waals surface area contributed by atoms with Gasteiger partial charge in [0.05, 0.1) is 0 Å². The summed E-state index contributed by atoms with van der Waals surface area (Å²) >= 11 is 0. The molecule has 26 heavy (non-hydrogen) atoms. The molecule has 2 N–H and O–H groups in total. The monoisotopic (exact) mass is 363 g/mol. The number of amides is 2. The molecule has 1 unspecified atom stereocenters. The Bertz CT molecular complexity index is 553. The molecule has 1 heterocycles. The third-order valence-corrected chi connectivity index (χ3v) is 3.61. The van der Waals surface area contributed by atoms with Crippen LogP contribution in [0.3, 0.4) is 0 Å². The Kier molecular flexibility index (Phi) is 9.10. The molecule has 146 valence electrons. The van der Waals surface area contributed by atoms with Gasteiger partial charge < -0.3 is 15.4 Å². The second-order valence-corrected chi connectivity index (χ2v) is 7.99. The summed E-state index contributed by atoms with van der Waals surface area (Å²) in [4.78, 5) is 28.1. The number of alkyl carbamates (subject to hydrolysis) is 1. The van der Waals surface area contributed by atoms with Crippen LogP contribution in [0.25, 0.3) is 0 Å². The van der Waals surface area contributed by atoms with Gasteiger partial charge >= 0.3 is 6.09 Å². The first kappa shape index (κ1) is 21.9. The van der Waals surface area contributed by atoms with Crippen LogP contribution < -0.4 is 10.6 Å². The summed E-state index contributed by atoms with van der Waals surface area (Å²) in [7, 11) is 0. The van der Waals surface area contributed by atoms with E-state index in [1.165, 1.54) is 0 Å². The van der Waals surface area contributed by atoms with E-state index in [0.29, 0.717) is 18.9 Å². The Balaban J connectivity index is 2.37. The molecule has 0 fully saturated rings. The number of carbonyl (C=O) groups is 2. The molecule has 1 aromatic heterocycles. The second-order valence-electron chi connectivity index (χ2n) is 7.99. The van der Waals surface area contributed by atoms with E-state index in [1.54, 1.807) is 6.20 Å². The lowest BCUT2D eigenvalue weighted by atomic mass is 10.0. The molecule has 1 rings (SSSR count). The number of nitrogens with zero attached hydrogens (tertiary/aromatic N) is 1. The zero-order valence-electron chi connectivity index (χ0n) is 16.7. The molecule has 0 saturated carbocycles. The molecule has 6 heteroatoms. The van der Waals surface area contributed by atoms with Gasteiger partial charge in [-0.25, -0.2) is 4.79 Å². The van der Waals surface area contributed by atoms with E-state index in [2.05, 4.69) is 29.5 Å². The predicted molar refractivity (Wildman–Crippen MR) is 103 cm³/mol. The molecule has 1 aromatic rings. The minimum Gasteiger partial charge on any atom is -0.444 e. The van der Waals surface area contributed by atoms with Crippen molar-refractivity contribution >= 4 is 12.0 Å². The summed E-state index contributed by atoms with van der Waals surface area (Å²) in [6.45, 7) is 10.1. The first-order chi connectivity index (χ1) is 12.2. The predicted octanol–water partition coefficient (Wildman–Crippen LogP) is 3.46. The number of carbonyl (C=O) groups excluding carboxylic acids is 2. The van der Waals surface area contributed by atoms with Gasteiger partial charge in [-0.1, -0.05) is 19.9 Å². The molecule has 0 aromatic carbocycles. The van der Waals surface area contributed by atoms with Crippen molar-refractivity contribution in [3.8, 4) is 0 Å². The molecular weight excluding hydrogens is 330 g/mol. The van der Waals surface area contributed by atoms with E-state index >= 15 is 0 Å². The van der Waals surface area contributed by atoms with Crippen LogP contribution in [-0.4, -0.2) is 35.2 Å². The lowest BCUT2D eigenvalue weighted by molar-refractivity contribution is -0.121. The van der Waals surface area contributed by atoms with Gasteiger partial charge in [-0.2, -0.15) is 0 Å². The molecule has 0 saturated heterocycles. The average molecular weight is 364 g/mol. The van der Waals surface area contributed by atoms with Gasteiger partial charge in [0.15, 0.2) is 0 Å². The molecule has 6 nitrogen and oxygen atoms in total. The third kappa shape index (κ3) is 10.7. The van der Waals surface area contributed by atoms with Crippen molar-refractivity contribution in [1.29, 1.82) is 0 Å². The molecule has 2 amide bonds. The maximum atomic E-state index is 12.1. The van der Waals surface area contributed by atoms with Crippen LogP contribution >= 0.6 is 0 Å². The minimum atomic E-state index is -0.540. The molecule has 1 atom stereocenters. The second kappa shape index (κ2) is 10.8. The fraction of sp³-hybridized carbons (Fsp3) is 0.650. The van der Waals surface area contributed by atoms with Gasteiger partial charge in [-0.3, -0.25) is 9.78 Å². The van der Waals surface area contributed by atoms with Gasteiger partial charge in [-0.15, -0.1) is 0 Å². The summed E-state index contributed by atoms with van der Waals surface area (Å²) in [6.07, 6.45) is 5.93. The van der Waals surface area contributed by atoms with Gasteiger partial charge in [-0.05, 0) is 57.6 Å². The van der Waals surface area contributed by atoms with Gasteiger partial charge in [0.2, 0.25) is 5.91 Å². The highest BCUT2D eigenvalue weighted by Crippen LogP contribution is 2.09. The number of pyridine rings is 1. The number of hydrogen-bond donors (Lipinski definition) is 2. The van der Waals surface area contributed by atoms with E-state index in [4.69, 9.17) is 4.74 Å². The average Bonchev–Trinajstić information content (AvgIpc) is 2.51. The molecule has 0 radical (unpaired) electrons. The summed E-state index contributed by atoms with van der Waals surface area (Å²) < 4.78 is 5.30. The van der Waals surface area contributed by atoms with Gasteiger partial charge in [0, 0.05) is 31.4 Å². The SMILES string of the molecule is CC(C)CC(CNC(=O)CCCc1cccnc1)NC(=O)OC(C)(C)C. The number of aromatic nitrogens is 1. The van der Waals surface area contributed by atoms with Crippen molar-refractivity contribution in [2.45, 2.75) is 71.9 Å². The standard InChI is InChI=1S/C20H33N3O3/c1-15(2)12-17(23-19(25)26-20(3,4)5)14-22-18(24)10-6-8-16-9-7-11-21-13-16/h7,9,11,13,15,17H,6,8,10,12,14H2,1-5H3,(H,22,24)(H,23,25). The number of ether oxygens (including phenoxy) is 1. The molecule has 0 aliphatic heterocycles. The normalized spacial score (nSPS) is 12.5. The fourth-order valence-electron chi connectivity index (χ4n) is 2.56. The van der Waals surface area contributed by atoms with E-state index in [9.17, 15) is 9.59 Å².